The fourth-order valence-electron chi connectivity index (χ4n) is 5.56. The topological polar surface area (TPSA) is 110 Å². The molecule has 9 nitrogen and oxygen atoms in total. The van der Waals surface area contributed by atoms with E-state index in [4.69, 9.17) is 0 Å². The van der Waals surface area contributed by atoms with Crippen LogP contribution < -0.4 is 10.6 Å². The first-order chi connectivity index (χ1) is 19.6. The van der Waals surface area contributed by atoms with Crippen LogP contribution in [0.2, 0.25) is 0 Å². The number of amides is 3. The van der Waals surface area contributed by atoms with Crippen LogP contribution in [0.5, 0.6) is 0 Å². The van der Waals surface area contributed by atoms with E-state index in [1.165, 1.54) is 0 Å². The fourth-order valence-corrected chi connectivity index (χ4v) is 5.56. The van der Waals surface area contributed by atoms with Gasteiger partial charge in [0.05, 0.1) is 30.5 Å². The molecule has 3 heterocycles. The fraction of sp³-hybridized carbons (Fsp3) is 0.448. The van der Waals surface area contributed by atoms with Crippen LogP contribution in [0.4, 0.5) is 18.0 Å². The minimum Gasteiger partial charge on any atom is -0.394 e. The van der Waals surface area contributed by atoms with Gasteiger partial charge in [0, 0.05) is 24.4 Å². The van der Waals surface area contributed by atoms with Gasteiger partial charge in [0.15, 0.2) is 6.17 Å². The summed E-state index contributed by atoms with van der Waals surface area (Å²) in [7, 11) is 0. The van der Waals surface area contributed by atoms with Gasteiger partial charge in [-0.1, -0.05) is 36.4 Å². The number of aliphatic hydroxyl groups excluding tert-OH is 1. The number of aliphatic hydroxyl groups is 1. The molecule has 1 aromatic rings. The van der Waals surface area contributed by atoms with Crippen LogP contribution >= 0.6 is 0 Å². The monoisotopic (exact) mass is 570 g/mol. The number of rotatable bonds is 6. The molecule has 1 fully saturated rings. The molecule has 4 atom stereocenters. The number of urea groups is 1. The molecular weight excluding hydrogens is 537 g/mol. The molecule has 41 heavy (non-hydrogen) atoms. The average Bonchev–Trinajstić information content (AvgIpc) is 3.62. The van der Waals surface area contributed by atoms with Gasteiger partial charge in [-0.05, 0) is 55.4 Å². The van der Waals surface area contributed by atoms with E-state index in [1.54, 1.807) is 22.3 Å². The van der Waals surface area contributed by atoms with Crippen molar-refractivity contribution in [1.29, 1.82) is 0 Å². The maximum Gasteiger partial charge on any atom is 0.405 e. The number of hydrogen-bond donors (Lipinski definition) is 3. The number of nitrogens with one attached hydrogen (secondary N) is 2. The van der Waals surface area contributed by atoms with Crippen LogP contribution in [0, 0.1) is 0 Å². The first-order valence-electron chi connectivity index (χ1n) is 13.7. The van der Waals surface area contributed by atoms with Gasteiger partial charge in [-0.3, -0.25) is 9.79 Å². The highest BCUT2D eigenvalue weighted by Crippen LogP contribution is 2.32. The molecule has 1 aromatic carbocycles. The number of carbonyl (C=O) groups excluding carboxylic acids is 2. The van der Waals surface area contributed by atoms with E-state index in [0.29, 0.717) is 19.4 Å². The van der Waals surface area contributed by atoms with Crippen LogP contribution in [0.1, 0.15) is 49.7 Å². The first kappa shape index (κ1) is 28.6. The Morgan fingerprint density at radius 2 is 1.98 bits per heavy atom. The summed E-state index contributed by atoms with van der Waals surface area (Å²) in [6.45, 7) is 1.17. The zero-order chi connectivity index (χ0) is 29.1. The molecule has 3 N–H and O–H groups in total. The molecule has 0 spiro atoms. The van der Waals surface area contributed by atoms with Crippen LogP contribution in [0.15, 0.2) is 63.9 Å². The van der Waals surface area contributed by atoms with E-state index >= 15 is 0 Å². The molecule has 1 saturated heterocycles. The predicted molar refractivity (Wildman–Crippen MR) is 149 cm³/mol. The quantitative estimate of drug-likeness (QED) is 0.485. The number of fused-ring (bicyclic) bond motifs is 1. The molecule has 0 bridgehead atoms. The maximum absolute atomic E-state index is 13.0. The molecule has 3 amide bonds. The van der Waals surface area contributed by atoms with Gasteiger partial charge in [0.2, 0.25) is 5.91 Å². The van der Waals surface area contributed by atoms with Crippen molar-refractivity contribution in [2.75, 3.05) is 19.7 Å². The number of halogens is 3. The van der Waals surface area contributed by atoms with E-state index in [9.17, 15) is 27.9 Å². The van der Waals surface area contributed by atoms with Crippen molar-refractivity contribution in [3.05, 3.63) is 64.9 Å². The maximum atomic E-state index is 13.0. The van der Waals surface area contributed by atoms with Crippen LogP contribution in [0.3, 0.4) is 0 Å². The molecule has 4 aliphatic rings. The molecule has 1 aliphatic carbocycles. The van der Waals surface area contributed by atoms with Crippen LogP contribution in [0.25, 0.3) is 5.57 Å². The highest BCUT2D eigenvalue weighted by Gasteiger charge is 2.33. The minimum absolute atomic E-state index is 0.0137. The summed E-state index contributed by atoms with van der Waals surface area (Å²) in [6.07, 6.45) is 7.12. The highest BCUT2D eigenvalue weighted by molar-refractivity contribution is 6.10. The lowest BCUT2D eigenvalue weighted by Crippen LogP contribution is -2.45. The summed E-state index contributed by atoms with van der Waals surface area (Å²) in [5.41, 5.74) is 4.38. The molecule has 218 valence electrons. The third-order valence-electron chi connectivity index (χ3n) is 7.80. The van der Waals surface area contributed by atoms with Gasteiger partial charge < -0.3 is 20.6 Å². The number of hydrogen-bond acceptors (Lipinski definition) is 6. The second-order valence-corrected chi connectivity index (χ2v) is 10.6. The molecule has 0 aromatic heterocycles. The Morgan fingerprint density at radius 3 is 2.71 bits per heavy atom. The summed E-state index contributed by atoms with van der Waals surface area (Å²) in [6, 6.07) is 6.50. The zero-order valence-corrected chi connectivity index (χ0v) is 22.6. The molecule has 5 rings (SSSR count). The van der Waals surface area contributed by atoms with Gasteiger partial charge >= 0.3 is 12.2 Å². The average molecular weight is 571 g/mol. The van der Waals surface area contributed by atoms with Gasteiger partial charge in [0.25, 0.3) is 0 Å². The molecule has 4 unspecified atom stereocenters. The molecule has 3 aliphatic heterocycles. The van der Waals surface area contributed by atoms with Crippen molar-refractivity contribution in [2.45, 2.75) is 63.0 Å². The second-order valence-electron chi connectivity index (χ2n) is 10.6. The van der Waals surface area contributed by atoms with Crippen LogP contribution in [-0.2, 0) is 4.79 Å². The predicted octanol–water partition coefficient (Wildman–Crippen LogP) is 3.70. The number of nitrogens with zero attached hydrogens (tertiary/aromatic N) is 4. The molecule has 12 heteroatoms. The number of aliphatic imine (C=N–C) groups is 1. The number of hydrazone groups is 1. The number of carbonyl (C=O) groups is 2. The van der Waals surface area contributed by atoms with Crippen molar-refractivity contribution in [3.63, 3.8) is 0 Å². The summed E-state index contributed by atoms with van der Waals surface area (Å²) in [4.78, 5) is 31.3. The smallest absolute Gasteiger partial charge is 0.394 e. The van der Waals surface area contributed by atoms with E-state index < -0.39 is 18.8 Å². The highest BCUT2D eigenvalue weighted by atomic mass is 19.4. The van der Waals surface area contributed by atoms with Gasteiger partial charge in [-0.25, -0.2) is 9.80 Å². The number of alkyl halides is 3. The van der Waals surface area contributed by atoms with E-state index in [-0.39, 0.29) is 36.7 Å². The molecular formula is C29H33F3N6O3. The first-order valence-corrected chi connectivity index (χ1v) is 13.7. The summed E-state index contributed by atoms with van der Waals surface area (Å²) >= 11 is 0. The molecule has 0 radical (unpaired) electrons. The Labute approximate surface area is 236 Å². The molecule has 0 saturated carbocycles. The largest absolute Gasteiger partial charge is 0.405 e. The lowest BCUT2D eigenvalue weighted by Gasteiger charge is -2.27. The number of benzene rings is 1. The third-order valence-corrected chi connectivity index (χ3v) is 7.80. The minimum atomic E-state index is -4.47. The van der Waals surface area contributed by atoms with Crippen molar-refractivity contribution < 1.29 is 27.9 Å². The van der Waals surface area contributed by atoms with Gasteiger partial charge in [-0.15, -0.1) is 0 Å². The van der Waals surface area contributed by atoms with E-state index in [2.05, 4.69) is 15.4 Å². The van der Waals surface area contributed by atoms with Crippen LogP contribution in [-0.4, -0.2) is 83.5 Å². The Hall–Kier alpha value is -3.93. The Kier molecular flexibility index (Phi) is 8.30. The normalized spacial score (nSPS) is 26.2. The third kappa shape index (κ3) is 6.53. The Morgan fingerprint density at radius 1 is 1.20 bits per heavy atom. The summed E-state index contributed by atoms with van der Waals surface area (Å²) < 4.78 is 37.2. The summed E-state index contributed by atoms with van der Waals surface area (Å²) in [5.74, 6) is -0.285. The van der Waals surface area contributed by atoms with Crippen molar-refractivity contribution >= 4 is 29.9 Å². The van der Waals surface area contributed by atoms with E-state index in [0.717, 1.165) is 40.8 Å². The Bertz CT molecular complexity index is 1320. The standard InChI is InChI=1S/C29H33F3N6O3/c1-18(27(40)37-11-3-6-24(37)16-39)19-7-9-20(10-8-19)22-13-26-33-15-25(38(26)35-14-22)21-4-2-5-23(12-21)36-28(41)34-17-29(30,31)32/h2,4,7-10,13-15,18,23-24,26,39H,3,5-6,11-12,16-17H2,1H3,(H2,34,36,41)/b25-21+. The zero-order valence-electron chi connectivity index (χ0n) is 22.6. The van der Waals surface area contributed by atoms with Gasteiger partial charge in [0.1, 0.15) is 6.54 Å². The lowest BCUT2D eigenvalue weighted by atomic mass is 9.95. The van der Waals surface area contributed by atoms with E-state index in [1.807, 2.05) is 54.7 Å². The number of allylic oxidation sites excluding steroid dienone is 3. The van der Waals surface area contributed by atoms with Gasteiger partial charge in [-0.2, -0.15) is 18.3 Å². The van der Waals surface area contributed by atoms with Crippen molar-refractivity contribution in [3.8, 4) is 0 Å². The van der Waals surface area contributed by atoms with Crippen molar-refractivity contribution in [1.82, 2.24) is 20.5 Å². The van der Waals surface area contributed by atoms with Crippen molar-refractivity contribution in [2.24, 2.45) is 10.1 Å². The Balaban J connectivity index is 1.21. The lowest BCUT2D eigenvalue weighted by molar-refractivity contribution is -0.134. The number of likely N-dealkylation sites (tertiary alicyclic amines) is 1. The second kappa shape index (κ2) is 11.9. The SMILES string of the molecule is CC(C(=O)N1CCCC1CO)c1ccc(C2=CC3N=C/C(=C4/C=CCC(NC(=O)NCC(F)(F)F)C4)N3N=C2)cc1. The summed E-state index contributed by atoms with van der Waals surface area (Å²) in [5, 5.41) is 20.4.